The van der Waals surface area contributed by atoms with E-state index in [1.165, 1.54) is 29.5 Å². The second-order valence-corrected chi connectivity index (χ2v) is 11.1. The predicted molar refractivity (Wildman–Crippen MR) is 134 cm³/mol. The number of hydrogen-bond acceptors (Lipinski definition) is 6. The summed E-state index contributed by atoms with van der Waals surface area (Å²) >= 11 is 0. The van der Waals surface area contributed by atoms with E-state index in [-0.39, 0.29) is 23.3 Å². The Morgan fingerprint density at radius 2 is 1.76 bits per heavy atom. The fourth-order valence-electron chi connectivity index (χ4n) is 4.96. The number of likely N-dealkylation sites (N-methyl/N-ethyl adjacent to an activating group) is 1. The van der Waals surface area contributed by atoms with Crippen molar-refractivity contribution in [2.24, 2.45) is 0 Å². The average Bonchev–Trinajstić information content (AvgIpc) is 2.83. The van der Waals surface area contributed by atoms with E-state index >= 15 is 0 Å². The van der Waals surface area contributed by atoms with Crippen LogP contribution in [0.15, 0.2) is 41.3 Å². The fourth-order valence-corrected chi connectivity index (χ4v) is 6.23. The van der Waals surface area contributed by atoms with Gasteiger partial charge in [-0.25, -0.2) is 13.1 Å². The third-order valence-electron chi connectivity index (χ3n) is 7.08. The van der Waals surface area contributed by atoms with Crippen LogP contribution in [0.1, 0.15) is 35.1 Å². The maximum Gasteiger partial charge on any atom is 0.305 e. The summed E-state index contributed by atoms with van der Waals surface area (Å²) in [5.74, 6) is -0.276. The van der Waals surface area contributed by atoms with Gasteiger partial charge in [0.2, 0.25) is 10.0 Å². The Balaban J connectivity index is 1.47. The molecule has 1 aliphatic heterocycles. The van der Waals surface area contributed by atoms with Crippen molar-refractivity contribution < 1.29 is 17.9 Å². The minimum atomic E-state index is -3.63. The highest BCUT2D eigenvalue weighted by Crippen LogP contribution is 2.34. The molecule has 0 saturated carbocycles. The lowest BCUT2D eigenvalue weighted by atomic mass is 9.84. The number of carbonyl (C=O) groups excluding carboxylic acids is 1. The highest BCUT2D eigenvalue weighted by Gasteiger charge is 2.28. The van der Waals surface area contributed by atoms with Gasteiger partial charge in [0, 0.05) is 44.3 Å². The Kier molecular flexibility index (Phi) is 7.60. The molecule has 184 valence electrons. The molecule has 1 N–H and O–H groups in total. The van der Waals surface area contributed by atoms with Gasteiger partial charge in [-0.15, -0.1) is 0 Å². The number of fused-ring (bicyclic) bond motifs is 1. The third-order valence-corrected chi connectivity index (χ3v) is 8.62. The summed E-state index contributed by atoms with van der Waals surface area (Å²) in [6, 6.07) is 11.1. The van der Waals surface area contributed by atoms with E-state index in [1.54, 1.807) is 24.3 Å². The first-order valence-corrected chi connectivity index (χ1v) is 13.5. The van der Waals surface area contributed by atoms with Gasteiger partial charge in [0.15, 0.2) is 0 Å². The second-order valence-electron chi connectivity index (χ2n) is 9.43. The molecule has 0 radical (unpaired) electrons. The first-order chi connectivity index (χ1) is 16.3. The molecule has 4 rings (SSSR count). The first kappa shape index (κ1) is 24.7. The van der Waals surface area contributed by atoms with Gasteiger partial charge < -0.3 is 14.5 Å². The maximum atomic E-state index is 13.1. The summed E-state index contributed by atoms with van der Waals surface area (Å²) in [6.07, 6.45) is 3.17. The van der Waals surface area contributed by atoms with Crippen molar-refractivity contribution in [2.45, 2.75) is 50.0 Å². The van der Waals surface area contributed by atoms with Crippen LogP contribution < -0.4 is 9.62 Å². The number of rotatable bonds is 7. The summed E-state index contributed by atoms with van der Waals surface area (Å²) in [4.78, 5) is 16.4. The summed E-state index contributed by atoms with van der Waals surface area (Å²) in [5.41, 5.74) is 6.12. The Labute approximate surface area is 203 Å². The van der Waals surface area contributed by atoms with E-state index < -0.39 is 10.0 Å². The van der Waals surface area contributed by atoms with Gasteiger partial charge in [-0.3, -0.25) is 4.79 Å². The topological polar surface area (TPSA) is 78.9 Å². The van der Waals surface area contributed by atoms with E-state index in [0.717, 1.165) is 44.6 Å². The van der Waals surface area contributed by atoms with Crippen molar-refractivity contribution in [1.82, 2.24) is 9.62 Å². The molecule has 0 unspecified atom stereocenters. The van der Waals surface area contributed by atoms with Crippen LogP contribution in [0.4, 0.5) is 5.69 Å². The molecule has 34 heavy (non-hydrogen) atoms. The number of aryl methyl sites for hydroxylation is 2. The largest absolute Gasteiger partial charge is 0.469 e. The smallest absolute Gasteiger partial charge is 0.305 e. The molecule has 1 saturated heterocycles. The molecule has 0 aromatic heterocycles. The van der Waals surface area contributed by atoms with Crippen LogP contribution in [0.3, 0.4) is 0 Å². The van der Waals surface area contributed by atoms with Crippen LogP contribution in [0.5, 0.6) is 0 Å². The minimum Gasteiger partial charge on any atom is -0.469 e. The molecule has 2 aromatic rings. The van der Waals surface area contributed by atoms with E-state index in [1.807, 2.05) is 0 Å². The normalized spacial score (nSPS) is 19.0. The van der Waals surface area contributed by atoms with E-state index in [0.29, 0.717) is 12.8 Å². The van der Waals surface area contributed by atoms with Gasteiger partial charge in [-0.05, 0) is 80.1 Å². The van der Waals surface area contributed by atoms with E-state index in [4.69, 9.17) is 0 Å². The average molecular weight is 486 g/mol. The van der Waals surface area contributed by atoms with Gasteiger partial charge in [0.25, 0.3) is 0 Å². The van der Waals surface area contributed by atoms with Gasteiger partial charge in [0.05, 0.1) is 12.0 Å². The number of nitrogens with one attached hydrogen (secondary N) is 1. The quantitative estimate of drug-likeness (QED) is 0.608. The molecule has 2 aliphatic rings. The number of methoxy groups -OCH3 is 1. The summed E-state index contributed by atoms with van der Waals surface area (Å²) in [5, 5.41) is 0. The van der Waals surface area contributed by atoms with Crippen LogP contribution in [0.25, 0.3) is 0 Å². The second kappa shape index (κ2) is 10.5. The van der Waals surface area contributed by atoms with Crippen LogP contribution in [0, 0.1) is 6.92 Å². The Hall–Kier alpha value is -2.42. The van der Waals surface area contributed by atoms with Crippen molar-refractivity contribution in [2.75, 3.05) is 45.2 Å². The van der Waals surface area contributed by atoms with Crippen molar-refractivity contribution >= 4 is 21.7 Å². The lowest BCUT2D eigenvalue weighted by Gasteiger charge is -2.37. The zero-order chi connectivity index (χ0) is 24.3. The van der Waals surface area contributed by atoms with Gasteiger partial charge in [-0.2, -0.15) is 0 Å². The van der Waals surface area contributed by atoms with Crippen molar-refractivity contribution in [3.63, 3.8) is 0 Å². The van der Waals surface area contributed by atoms with Crippen LogP contribution in [0.2, 0.25) is 0 Å². The highest BCUT2D eigenvalue weighted by molar-refractivity contribution is 7.89. The number of hydrogen-bond donors (Lipinski definition) is 1. The first-order valence-electron chi connectivity index (χ1n) is 12.0. The van der Waals surface area contributed by atoms with Gasteiger partial charge >= 0.3 is 5.97 Å². The Morgan fingerprint density at radius 1 is 1.06 bits per heavy atom. The number of piperazine rings is 1. The molecule has 0 amide bonds. The number of carbonyl (C=O) groups is 1. The molecule has 1 atom stereocenters. The Bertz CT molecular complexity index is 1120. The summed E-state index contributed by atoms with van der Waals surface area (Å²) in [6.45, 7) is 6.21. The van der Waals surface area contributed by atoms with Gasteiger partial charge in [-0.1, -0.05) is 18.2 Å². The van der Waals surface area contributed by atoms with E-state index in [2.05, 4.69) is 45.4 Å². The molecule has 1 aliphatic carbocycles. The van der Waals surface area contributed by atoms with Crippen molar-refractivity contribution in [3.8, 4) is 0 Å². The molecular weight excluding hydrogens is 450 g/mol. The van der Waals surface area contributed by atoms with E-state index in [9.17, 15) is 13.2 Å². The highest BCUT2D eigenvalue weighted by atomic mass is 32.2. The predicted octanol–water partition coefficient (Wildman–Crippen LogP) is 2.69. The number of nitrogens with zero attached hydrogens (tertiary/aromatic N) is 2. The van der Waals surface area contributed by atoms with Gasteiger partial charge in [0.1, 0.15) is 0 Å². The minimum absolute atomic E-state index is 0.135. The molecule has 0 spiro atoms. The monoisotopic (exact) mass is 485 g/mol. The molecule has 1 heterocycles. The number of sulfonamides is 1. The number of benzene rings is 2. The van der Waals surface area contributed by atoms with Crippen LogP contribution >= 0.6 is 0 Å². The molecule has 8 heteroatoms. The number of esters is 1. The van der Waals surface area contributed by atoms with Crippen LogP contribution in [-0.2, 0) is 38.8 Å². The zero-order valence-electron chi connectivity index (χ0n) is 20.3. The Morgan fingerprint density at radius 3 is 2.44 bits per heavy atom. The SMILES string of the molecule is COC(=O)CCc1ccc(S(=O)(=O)N[C@@H]2CCc3c(C)ccc(N4CCN(C)CC4)c3C2)cc1. The number of anilines is 1. The van der Waals surface area contributed by atoms with Crippen molar-refractivity contribution in [1.29, 1.82) is 0 Å². The zero-order valence-corrected chi connectivity index (χ0v) is 21.2. The maximum absolute atomic E-state index is 13.1. The van der Waals surface area contributed by atoms with Crippen molar-refractivity contribution in [3.05, 3.63) is 58.7 Å². The van der Waals surface area contributed by atoms with Crippen LogP contribution in [-0.4, -0.2) is 65.7 Å². The molecule has 2 aromatic carbocycles. The molecule has 0 bridgehead atoms. The summed E-state index contributed by atoms with van der Waals surface area (Å²) in [7, 11) is -0.117. The number of ether oxygens (including phenoxy) is 1. The fraction of sp³-hybridized carbons (Fsp3) is 0.500. The lowest BCUT2D eigenvalue weighted by molar-refractivity contribution is -0.140. The third kappa shape index (κ3) is 5.62. The lowest BCUT2D eigenvalue weighted by Crippen LogP contribution is -2.45. The molecule has 1 fully saturated rings. The molecular formula is C26H35N3O4S. The molecule has 7 nitrogen and oxygen atoms in total. The summed E-state index contributed by atoms with van der Waals surface area (Å²) < 4.78 is 33.9. The standard InChI is InChI=1S/C26H35N3O4S/c1-19-4-12-25(29-16-14-28(2)15-17-29)24-18-21(8-11-23(19)24)27-34(31,32)22-9-5-20(6-10-22)7-13-26(30)33-3/h4-6,9-10,12,21,27H,7-8,11,13-18H2,1-3H3/t21-/m1/s1.